The number of rotatable bonds is 9. The van der Waals surface area contributed by atoms with Crippen molar-refractivity contribution in [1.29, 1.82) is 0 Å². The minimum absolute atomic E-state index is 0.0189. The fourth-order valence-electron chi connectivity index (χ4n) is 5.18. The van der Waals surface area contributed by atoms with Gasteiger partial charge in [0.1, 0.15) is 34.9 Å². The Kier molecular flexibility index (Phi) is 8.15. The van der Waals surface area contributed by atoms with E-state index < -0.39 is 40.9 Å². The van der Waals surface area contributed by atoms with Crippen LogP contribution in [0, 0.1) is 29.1 Å². The van der Waals surface area contributed by atoms with Gasteiger partial charge in [-0.1, -0.05) is 12.1 Å². The lowest BCUT2D eigenvalue weighted by atomic mass is 9.85. The molecule has 5 aromatic rings. The maximum absolute atomic E-state index is 14.4. The highest BCUT2D eigenvalue weighted by Crippen LogP contribution is 2.34. The molecule has 2 heterocycles. The molecule has 214 valence electrons. The molecule has 1 amide bonds. The molecular formula is C32H24F5N3O2. The van der Waals surface area contributed by atoms with Crippen LogP contribution in [0.15, 0.2) is 73.1 Å². The van der Waals surface area contributed by atoms with Crippen LogP contribution in [0.3, 0.4) is 0 Å². The van der Waals surface area contributed by atoms with E-state index in [9.17, 15) is 31.5 Å². The molecule has 0 spiro atoms. The molecule has 2 N–H and O–H groups in total. The molecule has 0 saturated carbocycles. The van der Waals surface area contributed by atoms with Gasteiger partial charge in [-0.25, -0.2) is 22.0 Å². The first-order valence-electron chi connectivity index (χ1n) is 13.0. The number of fused-ring (bicyclic) bond motifs is 1. The van der Waals surface area contributed by atoms with Crippen molar-refractivity contribution in [2.24, 2.45) is 0 Å². The van der Waals surface area contributed by atoms with E-state index in [1.807, 2.05) is 0 Å². The first-order valence-corrected chi connectivity index (χ1v) is 13.0. The number of benzene rings is 3. The number of H-pyrrole nitrogens is 1. The molecule has 0 saturated heterocycles. The van der Waals surface area contributed by atoms with E-state index in [2.05, 4.69) is 15.3 Å². The van der Waals surface area contributed by atoms with Gasteiger partial charge in [-0.2, -0.15) is 0 Å². The molecule has 5 rings (SSSR count). The Labute approximate surface area is 237 Å². The van der Waals surface area contributed by atoms with E-state index in [0.29, 0.717) is 22.4 Å². The van der Waals surface area contributed by atoms with Crippen LogP contribution in [0.5, 0.6) is 0 Å². The predicted molar refractivity (Wildman–Crippen MR) is 147 cm³/mol. The minimum Gasteiger partial charge on any atom is -0.358 e. The van der Waals surface area contributed by atoms with Gasteiger partial charge in [-0.3, -0.25) is 14.6 Å². The number of carbonyl (C=O) groups is 2. The maximum atomic E-state index is 14.4. The van der Waals surface area contributed by atoms with Gasteiger partial charge in [0.2, 0.25) is 0 Å². The van der Waals surface area contributed by atoms with Gasteiger partial charge in [0.15, 0.2) is 0 Å². The standard InChI is InChI=1S/C32H24F5N3O2/c1-38-32(42)27-12-18(4-5-28(27)36)25-3-2-6-39-30(25)19(7-17-8-21(33)13-22(34)9-17)10-24(41)11-20-16-40-31-26(20)14-23(35)15-29(31)37/h2-6,8-9,12-16,19,40H,7,10-11H2,1H3,(H,38,42)/t19-/m1/s1. The predicted octanol–water partition coefficient (Wildman–Crippen LogP) is 6.81. The lowest BCUT2D eigenvalue weighted by Crippen LogP contribution is -2.19. The van der Waals surface area contributed by atoms with Crippen LogP contribution in [-0.2, 0) is 17.6 Å². The summed E-state index contributed by atoms with van der Waals surface area (Å²) >= 11 is 0. The van der Waals surface area contributed by atoms with Crippen LogP contribution in [-0.4, -0.2) is 28.7 Å². The van der Waals surface area contributed by atoms with Crippen molar-refractivity contribution < 1.29 is 31.5 Å². The number of hydrogen-bond acceptors (Lipinski definition) is 3. The molecule has 0 radical (unpaired) electrons. The van der Waals surface area contributed by atoms with Gasteiger partial charge in [0.05, 0.1) is 16.8 Å². The van der Waals surface area contributed by atoms with Gasteiger partial charge in [0.25, 0.3) is 5.91 Å². The third-order valence-corrected chi connectivity index (χ3v) is 7.03. The first-order chi connectivity index (χ1) is 20.1. The zero-order chi connectivity index (χ0) is 30.0. The topological polar surface area (TPSA) is 74.8 Å². The van der Waals surface area contributed by atoms with E-state index in [1.54, 1.807) is 12.1 Å². The molecule has 0 fully saturated rings. The van der Waals surface area contributed by atoms with E-state index in [0.717, 1.165) is 36.4 Å². The Morgan fingerprint density at radius 1 is 0.905 bits per heavy atom. The van der Waals surface area contributed by atoms with Gasteiger partial charge < -0.3 is 10.3 Å². The number of Topliss-reactive ketones (excluding diaryl/α,β-unsaturated/α-hetero) is 1. The zero-order valence-electron chi connectivity index (χ0n) is 22.3. The summed E-state index contributed by atoms with van der Waals surface area (Å²) in [5.74, 6) is -5.52. The number of carbonyl (C=O) groups excluding carboxylic acids is 2. The lowest BCUT2D eigenvalue weighted by Gasteiger charge is -2.20. The summed E-state index contributed by atoms with van der Waals surface area (Å²) in [6, 6.07) is 12.3. The Hall–Kier alpha value is -4.86. The van der Waals surface area contributed by atoms with Gasteiger partial charge >= 0.3 is 0 Å². The molecule has 0 aliphatic rings. The molecule has 5 nitrogen and oxygen atoms in total. The van der Waals surface area contributed by atoms with Gasteiger partial charge in [-0.05, 0) is 59.5 Å². The molecule has 0 bridgehead atoms. The number of aromatic nitrogens is 2. The van der Waals surface area contributed by atoms with Crippen molar-refractivity contribution in [2.75, 3.05) is 7.05 Å². The average Bonchev–Trinajstić information content (AvgIpc) is 3.34. The molecule has 0 aliphatic heterocycles. The van der Waals surface area contributed by atoms with Gasteiger partial charge in [0, 0.05) is 61.3 Å². The van der Waals surface area contributed by atoms with Crippen molar-refractivity contribution in [1.82, 2.24) is 15.3 Å². The van der Waals surface area contributed by atoms with E-state index in [1.165, 1.54) is 31.6 Å². The van der Waals surface area contributed by atoms with Crippen LogP contribution in [0.4, 0.5) is 22.0 Å². The van der Waals surface area contributed by atoms with Crippen molar-refractivity contribution in [3.8, 4) is 11.1 Å². The summed E-state index contributed by atoms with van der Waals surface area (Å²) in [7, 11) is 1.38. The fourth-order valence-corrected chi connectivity index (χ4v) is 5.18. The van der Waals surface area contributed by atoms with Crippen LogP contribution in [0.1, 0.15) is 39.5 Å². The van der Waals surface area contributed by atoms with Crippen LogP contribution in [0.25, 0.3) is 22.0 Å². The maximum Gasteiger partial charge on any atom is 0.254 e. The number of hydrogen-bond donors (Lipinski definition) is 2. The Balaban J connectivity index is 1.53. The highest BCUT2D eigenvalue weighted by molar-refractivity contribution is 5.95. The van der Waals surface area contributed by atoms with Crippen molar-refractivity contribution in [2.45, 2.75) is 25.2 Å². The molecular weight excluding hydrogens is 553 g/mol. The summed E-state index contributed by atoms with van der Waals surface area (Å²) in [5.41, 5.74) is 1.88. The lowest BCUT2D eigenvalue weighted by molar-refractivity contribution is -0.118. The van der Waals surface area contributed by atoms with E-state index in [4.69, 9.17) is 0 Å². The smallest absolute Gasteiger partial charge is 0.254 e. The number of amides is 1. The number of nitrogens with zero attached hydrogens (tertiary/aromatic N) is 1. The fraction of sp³-hybridized carbons (Fsp3) is 0.156. The number of aromatic amines is 1. The highest BCUT2D eigenvalue weighted by atomic mass is 19.1. The third-order valence-electron chi connectivity index (χ3n) is 7.03. The first kappa shape index (κ1) is 28.7. The van der Waals surface area contributed by atoms with E-state index in [-0.39, 0.29) is 47.1 Å². The van der Waals surface area contributed by atoms with Crippen molar-refractivity contribution in [3.05, 3.63) is 125 Å². The van der Waals surface area contributed by atoms with Crippen molar-refractivity contribution >= 4 is 22.6 Å². The van der Waals surface area contributed by atoms with Crippen LogP contribution >= 0.6 is 0 Å². The largest absolute Gasteiger partial charge is 0.358 e. The second-order valence-electron chi connectivity index (χ2n) is 9.93. The third kappa shape index (κ3) is 6.07. The van der Waals surface area contributed by atoms with Crippen LogP contribution < -0.4 is 5.32 Å². The summed E-state index contributed by atoms with van der Waals surface area (Å²) < 4.78 is 70.7. The monoisotopic (exact) mass is 577 g/mol. The van der Waals surface area contributed by atoms with Crippen LogP contribution in [0.2, 0.25) is 0 Å². The Bertz CT molecular complexity index is 1800. The minimum atomic E-state index is -0.789. The molecule has 2 aromatic heterocycles. The van der Waals surface area contributed by atoms with Gasteiger partial charge in [-0.15, -0.1) is 0 Å². The van der Waals surface area contributed by atoms with Crippen molar-refractivity contribution in [3.63, 3.8) is 0 Å². The summed E-state index contributed by atoms with van der Waals surface area (Å²) in [5, 5.41) is 2.62. The molecule has 0 unspecified atom stereocenters. The molecule has 1 atom stereocenters. The second kappa shape index (κ2) is 11.9. The Morgan fingerprint density at radius 2 is 1.64 bits per heavy atom. The average molecular weight is 578 g/mol. The SMILES string of the molecule is CNC(=O)c1cc(-c2cccnc2[C@@H](CC(=O)Cc2c[nH]c3c(F)cc(F)cc23)Cc2cc(F)cc(F)c2)ccc1F. The second-order valence-corrected chi connectivity index (χ2v) is 9.93. The summed E-state index contributed by atoms with van der Waals surface area (Å²) in [6.07, 6.45) is 2.64. The molecule has 10 heteroatoms. The normalized spacial score (nSPS) is 12.0. The summed E-state index contributed by atoms with van der Waals surface area (Å²) in [6.45, 7) is 0. The summed E-state index contributed by atoms with van der Waals surface area (Å²) in [4.78, 5) is 32.9. The zero-order valence-corrected chi connectivity index (χ0v) is 22.3. The highest BCUT2D eigenvalue weighted by Gasteiger charge is 2.24. The molecule has 42 heavy (non-hydrogen) atoms. The number of pyridine rings is 1. The number of ketones is 1. The number of halogens is 5. The molecule has 0 aliphatic carbocycles. The molecule has 3 aromatic carbocycles. The van der Waals surface area contributed by atoms with E-state index >= 15 is 0 Å². The quantitative estimate of drug-likeness (QED) is 0.189. The number of nitrogens with one attached hydrogen (secondary N) is 2. The Morgan fingerprint density at radius 3 is 2.38 bits per heavy atom.